The summed E-state index contributed by atoms with van der Waals surface area (Å²) in [6.07, 6.45) is 5.29. The average molecular weight is 218 g/mol. The number of anilines is 1. The second-order valence-electron chi connectivity index (χ2n) is 5.05. The van der Waals surface area contributed by atoms with Crippen molar-refractivity contribution >= 4 is 5.82 Å². The molecule has 1 aliphatic rings. The van der Waals surface area contributed by atoms with Crippen LogP contribution >= 0.6 is 0 Å². The normalized spacial score (nSPS) is 17.2. The quantitative estimate of drug-likeness (QED) is 0.815. The van der Waals surface area contributed by atoms with Crippen molar-refractivity contribution in [1.29, 1.82) is 0 Å². The molecule has 1 unspecified atom stereocenters. The SMILES string of the molecule is CCCC(Nc1cc(C)cc(C)n1)C1CC1. The molecule has 88 valence electrons. The third-order valence-electron chi connectivity index (χ3n) is 3.22. The summed E-state index contributed by atoms with van der Waals surface area (Å²) in [4.78, 5) is 4.56. The van der Waals surface area contributed by atoms with Gasteiger partial charge in [0, 0.05) is 11.7 Å². The number of nitrogens with zero attached hydrogens (tertiary/aromatic N) is 1. The number of nitrogens with one attached hydrogen (secondary N) is 1. The minimum Gasteiger partial charge on any atom is -0.367 e. The Labute approximate surface area is 98.5 Å². The van der Waals surface area contributed by atoms with Crippen LogP contribution in [0.2, 0.25) is 0 Å². The maximum atomic E-state index is 4.56. The van der Waals surface area contributed by atoms with Crippen molar-refractivity contribution in [2.75, 3.05) is 5.32 Å². The summed E-state index contributed by atoms with van der Waals surface area (Å²) in [5, 5.41) is 3.61. The minimum atomic E-state index is 0.638. The van der Waals surface area contributed by atoms with Crippen LogP contribution in [0.4, 0.5) is 5.82 Å². The van der Waals surface area contributed by atoms with Gasteiger partial charge >= 0.3 is 0 Å². The first kappa shape index (κ1) is 11.4. The Balaban J connectivity index is 2.05. The highest BCUT2D eigenvalue weighted by Crippen LogP contribution is 2.36. The summed E-state index contributed by atoms with van der Waals surface area (Å²) < 4.78 is 0. The van der Waals surface area contributed by atoms with E-state index >= 15 is 0 Å². The van der Waals surface area contributed by atoms with Gasteiger partial charge in [-0.15, -0.1) is 0 Å². The molecule has 1 fully saturated rings. The van der Waals surface area contributed by atoms with E-state index < -0.39 is 0 Å². The zero-order chi connectivity index (χ0) is 11.5. The van der Waals surface area contributed by atoms with Gasteiger partial charge in [-0.25, -0.2) is 4.98 Å². The first-order chi connectivity index (χ1) is 7.69. The summed E-state index contributed by atoms with van der Waals surface area (Å²) in [5.74, 6) is 1.95. The van der Waals surface area contributed by atoms with E-state index in [4.69, 9.17) is 0 Å². The van der Waals surface area contributed by atoms with E-state index in [1.54, 1.807) is 0 Å². The van der Waals surface area contributed by atoms with E-state index in [9.17, 15) is 0 Å². The predicted molar refractivity (Wildman–Crippen MR) is 68.8 cm³/mol. The fourth-order valence-electron chi connectivity index (χ4n) is 2.34. The van der Waals surface area contributed by atoms with E-state index in [1.165, 1.54) is 31.2 Å². The van der Waals surface area contributed by atoms with Crippen molar-refractivity contribution in [3.05, 3.63) is 23.4 Å². The highest BCUT2D eigenvalue weighted by molar-refractivity contribution is 5.40. The lowest BCUT2D eigenvalue weighted by Gasteiger charge is -2.18. The fourth-order valence-corrected chi connectivity index (χ4v) is 2.34. The van der Waals surface area contributed by atoms with Crippen LogP contribution in [0.5, 0.6) is 0 Å². The molecule has 0 amide bonds. The van der Waals surface area contributed by atoms with E-state index in [2.05, 4.69) is 43.2 Å². The Morgan fingerprint density at radius 1 is 1.38 bits per heavy atom. The lowest BCUT2D eigenvalue weighted by Crippen LogP contribution is -2.22. The van der Waals surface area contributed by atoms with Gasteiger partial charge in [-0.3, -0.25) is 0 Å². The molecule has 1 aliphatic carbocycles. The van der Waals surface area contributed by atoms with E-state index in [0.717, 1.165) is 17.4 Å². The summed E-state index contributed by atoms with van der Waals surface area (Å²) in [7, 11) is 0. The van der Waals surface area contributed by atoms with Gasteiger partial charge < -0.3 is 5.32 Å². The number of rotatable bonds is 5. The van der Waals surface area contributed by atoms with Crippen LogP contribution < -0.4 is 5.32 Å². The number of aryl methyl sites for hydroxylation is 2. The molecule has 0 bridgehead atoms. The van der Waals surface area contributed by atoms with Crippen LogP contribution in [-0.4, -0.2) is 11.0 Å². The van der Waals surface area contributed by atoms with Gasteiger partial charge in [-0.1, -0.05) is 13.3 Å². The van der Waals surface area contributed by atoms with Crippen molar-refractivity contribution < 1.29 is 0 Å². The average Bonchev–Trinajstić information content (AvgIpc) is 2.98. The second kappa shape index (κ2) is 4.86. The van der Waals surface area contributed by atoms with Gasteiger partial charge in [0.15, 0.2) is 0 Å². The molecule has 1 heterocycles. The molecule has 16 heavy (non-hydrogen) atoms. The standard InChI is InChI=1S/C14H22N2/c1-4-5-13(12-6-7-12)16-14-9-10(2)8-11(3)15-14/h8-9,12-13H,4-7H2,1-3H3,(H,15,16). The van der Waals surface area contributed by atoms with Crippen LogP contribution in [0, 0.1) is 19.8 Å². The number of aromatic nitrogens is 1. The molecular weight excluding hydrogens is 196 g/mol. The molecular formula is C14H22N2. The highest BCUT2D eigenvalue weighted by atomic mass is 15.0. The van der Waals surface area contributed by atoms with Crippen molar-refractivity contribution in [2.45, 2.75) is 52.5 Å². The molecule has 1 aromatic rings. The first-order valence-electron chi connectivity index (χ1n) is 6.41. The van der Waals surface area contributed by atoms with Gasteiger partial charge in [0.05, 0.1) is 0 Å². The Morgan fingerprint density at radius 3 is 2.69 bits per heavy atom. The summed E-state index contributed by atoms with van der Waals surface area (Å²) in [6.45, 7) is 6.45. The molecule has 2 nitrogen and oxygen atoms in total. The largest absolute Gasteiger partial charge is 0.367 e. The number of hydrogen-bond acceptors (Lipinski definition) is 2. The molecule has 1 N–H and O–H groups in total. The van der Waals surface area contributed by atoms with Crippen LogP contribution in [0.25, 0.3) is 0 Å². The molecule has 0 saturated heterocycles. The molecule has 1 saturated carbocycles. The maximum absolute atomic E-state index is 4.56. The molecule has 0 aliphatic heterocycles. The zero-order valence-electron chi connectivity index (χ0n) is 10.6. The van der Waals surface area contributed by atoms with Crippen molar-refractivity contribution in [3.63, 3.8) is 0 Å². The maximum Gasteiger partial charge on any atom is 0.126 e. The van der Waals surface area contributed by atoms with Crippen molar-refractivity contribution in [3.8, 4) is 0 Å². The molecule has 0 spiro atoms. The lowest BCUT2D eigenvalue weighted by molar-refractivity contribution is 0.575. The predicted octanol–water partition coefficient (Wildman–Crippen LogP) is 3.69. The molecule has 0 radical (unpaired) electrons. The number of hydrogen-bond donors (Lipinski definition) is 1. The Bertz CT molecular complexity index is 336. The van der Waals surface area contributed by atoms with Gasteiger partial charge in [0.2, 0.25) is 0 Å². The van der Waals surface area contributed by atoms with Crippen molar-refractivity contribution in [1.82, 2.24) is 4.98 Å². The second-order valence-corrected chi connectivity index (χ2v) is 5.05. The Morgan fingerprint density at radius 2 is 2.12 bits per heavy atom. The fraction of sp³-hybridized carbons (Fsp3) is 0.643. The van der Waals surface area contributed by atoms with Crippen LogP contribution in [-0.2, 0) is 0 Å². The summed E-state index contributed by atoms with van der Waals surface area (Å²) in [6, 6.07) is 4.91. The van der Waals surface area contributed by atoms with Crippen molar-refractivity contribution in [2.24, 2.45) is 5.92 Å². The highest BCUT2D eigenvalue weighted by Gasteiger charge is 2.30. The van der Waals surface area contributed by atoms with E-state index in [-0.39, 0.29) is 0 Å². The van der Waals surface area contributed by atoms with Crippen LogP contribution in [0.15, 0.2) is 12.1 Å². The summed E-state index contributed by atoms with van der Waals surface area (Å²) >= 11 is 0. The topological polar surface area (TPSA) is 24.9 Å². The molecule has 1 aromatic heterocycles. The first-order valence-corrected chi connectivity index (χ1v) is 6.41. The van der Waals surface area contributed by atoms with Gasteiger partial charge in [0.25, 0.3) is 0 Å². The molecule has 0 aromatic carbocycles. The van der Waals surface area contributed by atoms with E-state index in [1.807, 2.05) is 0 Å². The Hall–Kier alpha value is -1.05. The third kappa shape index (κ3) is 2.97. The summed E-state index contributed by atoms with van der Waals surface area (Å²) in [5.41, 5.74) is 2.40. The monoisotopic (exact) mass is 218 g/mol. The molecule has 2 heteroatoms. The third-order valence-corrected chi connectivity index (χ3v) is 3.22. The zero-order valence-corrected chi connectivity index (χ0v) is 10.6. The molecule has 1 atom stereocenters. The smallest absolute Gasteiger partial charge is 0.126 e. The van der Waals surface area contributed by atoms with Gasteiger partial charge in [-0.05, 0) is 56.7 Å². The lowest BCUT2D eigenvalue weighted by atomic mass is 10.1. The Kier molecular flexibility index (Phi) is 3.47. The van der Waals surface area contributed by atoms with Gasteiger partial charge in [0.1, 0.15) is 5.82 Å². The number of pyridine rings is 1. The van der Waals surface area contributed by atoms with E-state index in [0.29, 0.717) is 6.04 Å². The van der Waals surface area contributed by atoms with Crippen LogP contribution in [0.1, 0.15) is 43.9 Å². The van der Waals surface area contributed by atoms with Crippen LogP contribution in [0.3, 0.4) is 0 Å². The minimum absolute atomic E-state index is 0.638. The molecule has 2 rings (SSSR count). The van der Waals surface area contributed by atoms with Gasteiger partial charge in [-0.2, -0.15) is 0 Å².